The van der Waals surface area contributed by atoms with Gasteiger partial charge in [-0.3, -0.25) is 9.52 Å². The molecule has 1 aromatic rings. The Hall–Kier alpha value is -1.65. The average molecular weight is 336 g/mol. The minimum absolute atomic E-state index is 0.0119. The van der Waals surface area contributed by atoms with Crippen LogP contribution < -0.4 is 9.44 Å². The van der Waals surface area contributed by atoms with Gasteiger partial charge in [-0.15, -0.1) is 0 Å². The number of carboxylic acids is 1. The summed E-state index contributed by atoms with van der Waals surface area (Å²) < 4.78 is 51.0. The van der Waals surface area contributed by atoms with E-state index in [1.165, 1.54) is 24.3 Å². The Morgan fingerprint density at radius 2 is 1.71 bits per heavy atom. The number of benzene rings is 1. The first kappa shape index (κ1) is 17.4. The molecule has 0 saturated heterocycles. The monoisotopic (exact) mass is 336 g/mol. The molecular weight excluding hydrogens is 320 g/mol. The van der Waals surface area contributed by atoms with Crippen LogP contribution in [0.25, 0.3) is 0 Å². The Morgan fingerprint density at radius 1 is 1.14 bits per heavy atom. The van der Waals surface area contributed by atoms with Crippen LogP contribution in [0.1, 0.15) is 13.3 Å². The topological polar surface area (TPSA) is 130 Å². The average Bonchev–Trinajstić information content (AvgIpc) is 2.37. The molecule has 0 aliphatic rings. The van der Waals surface area contributed by atoms with Gasteiger partial charge in [0.05, 0.1) is 17.1 Å². The third-order valence-corrected chi connectivity index (χ3v) is 5.21. The molecule has 118 valence electrons. The highest BCUT2D eigenvalue weighted by atomic mass is 32.2. The van der Waals surface area contributed by atoms with Crippen molar-refractivity contribution >= 4 is 31.7 Å². The summed E-state index contributed by atoms with van der Waals surface area (Å²) in [5.41, 5.74) is 0.163. The van der Waals surface area contributed by atoms with Crippen LogP contribution in [0.4, 0.5) is 5.69 Å². The molecule has 1 aromatic carbocycles. The van der Waals surface area contributed by atoms with E-state index >= 15 is 0 Å². The van der Waals surface area contributed by atoms with Crippen LogP contribution in [-0.2, 0) is 24.8 Å². The number of anilines is 1. The Bertz CT molecular complexity index is 695. The first-order chi connectivity index (χ1) is 9.66. The van der Waals surface area contributed by atoms with Crippen molar-refractivity contribution in [3.8, 4) is 0 Å². The smallest absolute Gasteiger partial charge is 0.304 e. The number of hydrogen-bond acceptors (Lipinski definition) is 5. The van der Waals surface area contributed by atoms with Crippen LogP contribution in [0, 0.1) is 0 Å². The zero-order valence-corrected chi connectivity index (χ0v) is 12.9. The molecular formula is C11H16N2O6S2. The van der Waals surface area contributed by atoms with E-state index in [1.807, 2.05) is 0 Å². The lowest BCUT2D eigenvalue weighted by Crippen LogP contribution is -2.23. The molecule has 0 aliphatic carbocycles. The zero-order chi connectivity index (χ0) is 16.1. The highest BCUT2D eigenvalue weighted by Crippen LogP contribution is 2.15. The standard InChI is InChI=1S/C11H16N2O6S2/c1-2-12-21(18,19)10-5-3-9(4-6-10)13-20(16,17)8-7-11(14)15/h3-6,12-13H,2,7-8H2,1H3,(H,14,15). The van der Waals surface area contributed by atoms with E-state index in [9.17, 15) is 21.6 Å². The largest absolute Gasteiger partial charge is 0.481 e. The molecule has 10 heteroatoms. The highest BCUT2D eigenvalue weighted by Gasteiger charge is 2.15. The van der Waals surface area contributed by atoms with Crippen LogP contribution in [0.2, 0.25) is 0 Å². The third-order valence-electron chi connectivity index (χ3n) is 2.36. The van der Waals surface area contributed by atoms with Crippen molar-refractivity contribution in [1.82, 2.24) is 4.72 Å². The highest BCUT2D eigenvalue weighted by molar-refractivity contribution is 7.92. The quantitative estimate of drug-likeness (QED) is 0.622. The van der Waals surface area contributed by atoms with Crippen molar-refractivity contribution in [3.63, 3.8) is 0 Å². The van der Waals surface area contributed by atoms with E-state index < -0.39 is 38.2 Å². The predicted octanol–water partition coefficient (Wildman–Crippen LogP) is 0.201. The van der Waals surface area contributed by atoms with Gasteiger partial charge in [0.15, 0.2) is 0 Å². The second-order valence-corrected chi connectivity index (χ2v) is 7.70. The van der Waals surface area contributed by atoms with Gasteiger partial charge in [-0.25, -0.2) is 21.6 Å². The molecule has 0 spiro atoms. The molecule has 0 unspecified atom stereocenters. The minimum atomic E-state index is -3.78. The fraction of sp³-hybridized carbons (Fsp3) is 0.364. The maximum atomic E-state index is 11.7. The summed E-state index contributed by atoms with van der Waals surface area (Å²) in [6.07, 6.45) is -0.512. The lowest BCUT2D eigenvalue weighted by atomic mass is 10.3. The second kappa shape index (κ2) is 6.87. The van der Waals surface area contributed by atoms with E-state index in [1.54, 1.807) is 6.92 Å². The Kier molecular flexibility index (Phi) is 5.70. The number of aliphatic carboxylic acids is 1. The number of carboxylic acid groups (broad SMARTS) is 1. The number of sulfonamides is 2. The summed E-state index contributed by atoms with van der Waals surface area (Å²) in [6.45, 7) is 1.88. The summed E-state index contributed by atoms with van der Waals surface area (Å²) in [6, 6.07) is 5.10. The van der Waals surface area contributed by atoms with E-state index in [-0.39, 0.29) is 17.1 Å². The molecule has 0 saturated carbocycles. The van der Waals surface area contributed by atoms with E-state index in [2.05, 4.69) is 9.44 Å². The molecule has 0 bridgehead atoms. The van der Waals surface area contributed by atoms with Crippen molar-refractivity contribution in [1.29, 1.82) is 0 Å². The summed E-state index contributed by atoms with van der Waals surface area (Å²) in [7, 11) is -7.38. The van der Waals surface area contributed by atoms with Gasteiger partial charge in [0, 0.05) is 12.2 Å². The van der Waals surface area contributed by atoms with Crippen LogP contribution in [0.5, 0.6) is 0 Å². The van der Waals surface area contributed by atoms with Crippen molar-refractivity contribution in [3.05, 3.63) is 24.3 Å². The SMILES string of the molecule is CCNS(=O)(=O)c1ccc(NS(=O)(=O)CCC(=O)O)cc1. The van der Waals surface area contributed by atoms with E-state index in [0.717, 1.165) is 0 Å². The van der Waals surface area contributed by atoms with Gasteiger partial charge in [0.2, 0.25) is 20.0 Å². The Balaban J connectivity index is 2.82. The van der Waals surface area contributed by atoms with Crippen molar-refractivity contribution < 1.29 is 26.7 Å². The van der Waals surface area contributed by atoms with Crippen LogP contribution >= 0.6 is 0 Å². The molecule has 0 fully saturated rings. The first-order valence-electron chi connectivity index (χ1n) is 5.98. The molecule has 3 N–H and O–H groups in total. The summed E-state index contributed by atoms with van der Waals surface area (Å²) in [4.78, 5) is 10.4. The second-order valence-electron chi connectivity index (χ2n) is 4.09. The summed E-state index contributed by atoms with van der Waals surface area (Å²) in [5.74, 6) is -1.77. The van der Waals surface area contributed by atoms with Crippen molar-refractivity contribution in [2.75, 3.05) is 17.0 Å². The fourth-order valence-electron chi connectivity index (χ4n) is 1.43. The number of carbonyl (C=O) groups is 1. The molecule has 8 nitrogen and oxygen atoms in total. The number of hydrogen-bond donors (Lipinski definition) is 3. The van der Waals surface area contributed by atoms with Gasteiger partial charge in [-0.2, -0.15) is 0 Å². The lowest BCUT2D eigenvalue weighted by Gasteiger charge is -2.08. The van der Waals surface area contributed by atoms with Gasteiger partial charge in [0.1, 0.15) is 0 Å². The van der Waals surface area contributed by atoms with Gasteiger partial charge < -0.3 is 5.11 Å². The van der Waals surface area contributed by atoms with Crippen molar-refractivity contribution in [2.45, 2.75) is 18.2 Å². The molecule has 0 radical (unpaired) electrons. The summed E-state index contributed by atoms with van der Waals surface area (Å²) in [5, 5.41) is 8.45. The van der Waals surface area contributed by atoms with E-state index in [0.29, 0.717) is 0 Å². The lowest BCUT2D eigenvalue weighted by molar-refractivity contribution is -0.136. The maximum Gasteiger partial charge on any atom is 0.304 e. The summed E-state index contributed by atoms with van der Waals surface area (Å²) >= 11 is 0. The van der Waals surface area contributed by atoms with Crippen LogP contribution in [0.3, 0.4) is 0 Å². The van der Waals surface area contributed by atoms with Crippen molar-refractivity contribution in [2.24, 2.45) is 0 Å². The third kappa shape index (κ3) is 5.69. The molecule has 0 amide bonds. The maximum absolute atomic E-state index is 11.7. The normalized spacial score (nSPS) is 12.0. The molecule has 0 aliphatic heterocycles. The molecule has 0 atom stereocenters. The van der Waals surface area contributed by atoms with Crippen LogP contribution in [0.15, 0.2) is 29.2 Å². The molecule has 0 aromatic heterocycles. The fourth-order valence-corrected chi connectivity index (χ4v) is 3.51. The number of nitrogens with one attached hydrogen (secondary N) is 2. The van der Waals surface area contributed by atoms with Gasteiger partial charge in [-0.05, 0) is 24.3 Å². The predicted molar refractivity (Wildman–Crippen MR) is 77.0 cm³/mol. The van der Waals surface area contributed by atoms with Crippen LogP contribution in [-0.4, -0.2) is 40.2 Å². The first-order valence-corrected chi connectivity index (χ1v) is 9.12. The van der Waals surface area contributed by atoms with Gasteiger partial charge in [0.25, 0.3) is 0 Å². The minimum Gasteiger partial charge on any atom is -0.481 e. The number of rotatable bonds is 8. The van der Waals surface area contributed by atoms with Gasteiger partial charge in [-0.1, -0.05) is 6.92 Å². The van der Waals surface area contributed by atoms with Gasteiger partial charge >= 0.3 is 5.97 Å². The van der Waals surface area contributed by atoms with E-state index in [4.69, 9.17) is 5.11 Å². The zero-order valence-electron chi connectivity index (χ0n) is 11.2. The molecule has 0 heterocycles. The Morgan fingerprint density at radius 3 is 2.19 bits per heavy atom. The molecule has 21 heavy (non-hydrogen) atoms. The molecule has 1 rings (SSSR count). The Labute approximate surface area is 123 Å².